The zero-order valence-corrected chi connectivity index (χ0v) is 16.6. The zero-order chi connectivity index (χ0) is 19.0. The fourth-order valence-electron chi connectivity index (χ4n) is 3.51. The van der Waals surface area contributed by atoms with Crippen molar-refractivity contribution in [2.45, 2.75) is 44.9 Å². The van der Waals surface area contributed by atoms with Gasteiger partial charge in [-0.2, -0.15) is 0 Å². The van der Waals surface area contributed by atoms with Crippen molar-refractivity contribution in [3.05, 3.63) is 78.3 Å². The van der Waals surface area contributed by atoms with Crippen LogP contribution in [-0.2, 0) is 12.1 Å². The number of furan rings is 1. The summed E-state index contributed by atoms with van der Waals surface area (Å²) in [6, 6.07) is 12.1. The molecular weight excluding hydrogens is 356 g/mol. The van der Waals surface area contributed by atoms with Crippen molar-refractivity contribution in [3.8, 4) is 0 Å². The number of hydrogen-bond acceptors (Lipinski definition) is 3. The molecule has 5 nitrogen and oxygen atoms in total. The summed E-state index contributed by atoms with van der Waals surface area (Å²) in [5.74, 6) is 0.890. The maximum atomic E-state index is 5.69. The van der Waals surface area contributed by atoms with Crippen LogP contribution in [0.4, 0.5) is 0 Å². The number of rotatable bonds is 4. The Labute approximate surface area is 165 Å². The molecule has 0 aliphatic carbocycles. The lowest BCUT2D eigenvalue weighted by Crippen LogP contribution is -2.29. The van der Waals surface area contributed by atoms with Gasteiger partial charge >= 0.3 is 0 Å². The largest absolute Gasteiger partial charge is 0.467 e. The average molecular weight is 381 g/mol. The third kappa shape index (κ3) is 3.49. The Kier molecular flexibility index (Phi) is 4.52. The van der Waals surface area contributed by atoms with Crippen LogP contribution in [0.5, 0.6) is 0 Å². The van der Waals surface area contributed by atoms with E-state index in [0.717, 1.165) is 16.6 Å². The van der Waals surface area contributed by atoms with Crippen molar-refractivity contribution in [1.29, 1.82) is 0 Å². The molecule has 1 aliphatic rings. The van der Waals surface area contributed by atoms with Crippen LogP contribution in [0.15, 0.2) is 65.7 Å². The van der Waals surface area contributed by atoms with Gasteiger partial charge in [0, 0.05) is 24.1 Å². The summed E-state index contributed by atoms with van der Waals surface area (Å²) >= 11 is 5.69. The van der Waals surface area contributed by atoms with Gasteiger partial charge < -0.3 is 19.2 Å². The highest BCUT2D eigenvalue weighted by Gasteiger charge is 2.40. The van der Waals surface area contributed by atoms with Crippen LogP contribution in [-0.4, -0.2) is 19.6 Å². The third-order valence-corrected chi connectivity index (χ3v) is 5.29. The van der Waals surface area contributed by atoms with Crippen molar-refractivity contribution >= 4 is 17.3 Å². The zero-order valence-electron chi connectivity index (χ0n) is 15.8. The monoisotopic (exact) mass is 380 g/mol. The lowest BCUT2D eigenvalue weighted by atomic mass is 9.99. The summed E-state index contributed by atoms with van der Waals surface area (Å²) in [5, 5.41) is 4.19. The SMILES string of the molecule is CC(C)(C)n1ccc([C@@H]2[C@H](c3ccccn3)NC(=S)N2Cc2ccco2)c1. The number of nitrogens with zero attached hydrogens (tertiary/aromatic N) is 3. The van der Waals surface area contributed by atoms with Gasteiger partial charge in [-0.3, -0.25) is 4.98 Å². The molecule has 3 aromatic heterocycles. The molecule has 0 amide bonds. The topological polar surface area (TPSA) is 46.2 Å². The van der Waals surface area contributed by atoms with Gasteiger partial charge in [-0.15, -0.1) is 0 Å². The molecule has 1 saturated heterocycles. The van der Waals surface area contributed by atoms with Gasteiger partial charge in [0.2, 0.25) is 0 Å². The third-order valence-electron chi connectivity index (χ3n) is 4.94. The minimum Gasteiger partial charge on any atom is -0.467 e. The second-order valence-corrected chi connectivity index (χ2v) is 8.24. The van der Waals surface area contributed by atoms with Crippen LogP contribution in [0.3, 0.4) is 0 Å². The highest BCUT2D eigenvalue weighted by Crippen LogP contribution is 2.40. The number of thiocarbonyl (C=S) groups is 1. The van der Waals surface area contributed by atoms with Crippen LogP contribution < -0.4 is 5.32 Å². The minimum absolute atomic E-state index is 0.00974. The normalized spacial score (nSPS) is 20.1. The molecule has 1 fully saturated rings. The molecule has 2 atom stereocenters. The molecule has 140 valence electrons. The van der Waals surface area contributed by atoms with Crippen molar-refractivity contribution < 1.29 is 4.42 Å². The van der Waals surface area contributed by atoms with Crippen LogP contribution in [0, 0.1) is 0 Å². The first-order valence-corrected chi connectivity index (χ1v) is 9.53. The molecule has 3 aromatic rings. The van der Waals surface area contributed by atoms with Gasteiger partial charge in [0.25, 0.3) is 0 Å². The Morgan fingerprint density at radius 1 is 1.19 bits per heavy atom. The molecular formula is C21H24N4OS. The quantitative estimate of drug-likeness (QED) is 0.680. The Morgan fingerprint density at radius 3 is 2.67 bits per heavy atom. The molecule has 4 rings (SSSR count). The number of hydrogen-bond donors (Lipinski definition) is 1. The average Bonchev–Trinajstić information content (AvgIpc) is 3.37. The molecule has 0 radical (unpaired) electrons. The second kappa shape index (κ2) is 6.85. The second-order valence-electron chi connectivity index (χ2n) is 7.86. The van der Waals surface area contributed by atoms with Gasteiger partial charge in [-0.05, 0) is 68.9 Å². The molecule has 1 N–H and O–H groups in total. The maximum absolute atomic E-state index is 5.69. The van der Waals surface area contributed by atoms with Crippen molar-refractivity contribution in [3.63, 3.8) is 0 Å². The van der Waals surface area contributed by atoms with E-state index in [0.29, 0.717) is 6.54 Å². The van der Waals surface area contributed by atoms with Gasteiger partial charge in [0.05, 0.1) is 30.6 Å². The molecule has 0 saturated carbocycles. The van der Waals surface area contributed by atoms with Crippen LogP contribution >= 0.6 is 12.2 Å². The lowest BCUT2D eigenvalue weighted by molar-refractivity contribution is 0.286. The first-order valence-electron chi connectivity index (χ1n) is 9.12. The molecule has 6 heteroatoms. The smallest absolute Gasteiger partial charge is 0.170 e. The Balaban J connectivity index is 1.74. The molecule has 0 aromatic carbocycles. The van der Waals surface area contributed by atoms with E-state index < -0.39 is 0 Å². The van der Waals surface area contributed by atoms with E-state index in [2.05, 4.69) is 59.0 Å². The van der Waals surface area contributed by atoms with E-state index in [1.807, 2.05) is 36.5 Å². The highest BCUT2D eigenvalue weighted by molar-refractivity contribution is 7.80. The summed E-state index contributed by atoms with van der Waals surface area (Å²) in [6.07, 6.45) is 7.87. The molecule has 0 bridgehead atoms. The van der Waals surface area contributed by atoms with E-state index in [1.54, 1.807) is 6.26 Å². The summed E-state index contributed by atoms with van der Waals surface area (Å²) in [6.45, 7) is 7.22. The minimum atomic E-state index is -0.00974. The number of nitrogens with one attached hydrogen (secondary N) is 1. The van der Waals surface area contributed by atoms with Gasteiger partial charge in [0.15, 0.2) is 5.11 Å². The highest BCUT2D eigenvalue weighted by atomic mass is 32.1. The molecule has 27 heavy (non-hydrogen) atoms. The van der Waals surface area contributed by atoms with Gasteiger partial charge in [-0.1, -0.05) is 6.07 Å². The summed E-state index contributed by atoms with van der Waals surface area (Å²) in [4.78, 5) is 6.77. The molecule has 4 heterocycles. The lowest BCUT2D eigenvalue weighted by Gasteiger charge is -2.27. The first-order chi connectivity index (χ1) is 12.9. The van der Waals surface area contributed by atoms with Crippen molar-refractivity contribution in [2.24, 2.45) is 0 Å². The van der Waals surface area contributed by atoms with Gasteiger partial charge in [0.1, 0.15) is 5.76 Å². The van der Waals surface area contributed by atoms with Gasteiger partial charge in [-0.25, -0.2) is 0 Å². The molecule has 1 aliphatic heterocycles. The van der Waals surface area contributed by atoms with Crippen LogP contribution in [0.2, 0.25) is 0 Å². The summed E-state index contributed by atoms with van der Waals surface area (Å²) in [5.41, 5.74) is 2.21. The Morgan fingerprint density at radius 2 is 2.04 bits per heavy atom. The van der Waals surface area contributed by atoms with Crippen LogP contribution in [0.25, 0.3) is 0 Å². The van der Waals surface area contributed by atoms with E-state index in [1.165, 1.54) is 5.56 Å². The van der Waals surface area contributed by atoms with E-state index in [9.17, 15) is 0 Å². The predicted molar refractivity (Wildman–Crippen MR) is 109 cm³/mol. The first kappa shape index (κ1) is 17.8. The summed E-state index contributed by atoms with van der Waals surface area (Å²) < 4.78 is 7.82. The van der Waals surface area contributed by atoms with E-state index in [-0.39, 0.29) is 17.6 Å². The Bertz CT molecular complexity index is 911. The molecule has 0 unspecified atom stereocenters. The fraction of sp³-hybridized carbons (Fsp3) is 0.333. The number of aromatic nitrogens is 2. The summed E-state index contributed by atoms with van der Waals surface area (Å²) in [7, 11) is 0. The van der Waals surface area contributed by atoms with Crippen LogP contribution in [0.1, 0.15) is 49.9 Å². The van der Waals surface area contributed by atoms with E-state index in [4.69, 9.17) is 16.6 Å². The van der Waals surface area contributed by atoms with Crippen molar-refractivity contribution in [1.82, 2.24) is 19.8 Å². The van der Waals surface area contributed by atoms with Crippen molar-refractivity contribution in [2.75, 3.05) is 0 Å². The number of pyridine rings is 1. The standard InChI is InChI=1S/C21H24N4OS/c1-21(2,3)24-11-9-15(13-24)19-18(17-8-4-5-10-22-17)23-20(27)25(19)14-16-7-6-12-26-16/h4-13,18-19H,14H2,1-3H3,(H,23,27)/t18-,19+/m0/s1. The fourth-order valence-corrected chi connectivity index (χ4v) is 3.82. The molecule has 0 spiro atoms. The Hall–Kier alpha value is -2.60. The predicted octanol–water partition coefficient (Wildman–Crippen LogP) is 4.40. The maximum Gasteiger partial charge on any atom is 0.170 e. The van der Waals surface area contributed by atoms with E-state index >= 15 is 0 Å².